The summed E-state index contributed by atoms with van der Waals surface area (Å²) in [7, 11) is 1.67. The van der Waals surface area contributed by atoms with Gasteiger partial charge in [0.2, 0.25) is 0 Å². The smallest absolute Gasteiger partial charge is 0.122 e. The first-order valence-corrected chi connectivity index (χ1v) is 4.95. The molecule has 0 heterocycles. The Balaban J connectivity index is 2.75. The summed E-state index contributed by atoms with van der Waals surface area (Å²) in [4.78, 5) is 0. The van der Waals surface area contributed by atoms with Gasteiger partial charge in [-0.05, 0) is 30.9 Å². The Kier molecular flexibility index (Phi) is 3.96. The minimum atomic E-state index is -0.278. The number of para-hydroxylation sites is 1. The summed E-state index contributed by atoms with van der Waals surface area (Å²) in [5, 5.41) is 9.40. The van der Waals surface area contributed by atoms with Gasteiger partial charge in [-0.3, -0.25) is 0 Å². The average molecular weight is 194 g/mol. The van der Waals surface area contributed by atoms with Crippen LogP contribution in [0.4, 0.5) is 0 Å². The molecule has 1 aromatic rings. The van der Waals surface area contributed by atoms with Crippen molar-refractivity contribution < 1.29 is 9.84 Å². The Morgan fingerprint density at radius 3 is 2.50 bits per heavy atom. The van der Waals surface area contributed by atoms with Gasteiger partial charge in [0, 0.05) is 0 Å². The maximum atomic E-state index is 9.40. The number of aliphatic hydroxyl groups is 1. The maximum absolute atomic E-state index is 9.40. The molecule has 0 radical (unpaired) electrons. The average Bonchev–Trinajstić information content (AvgIpc) is 2.18. The van der Waals surface area contributed by atoms with Gasteiger partial charge in [-0.15, -0.1) is 0 Å². The third-order valence-corrected chi connectivity index (χ3v) is 2.56. The zero-order valence-electron chi connectivity index (χ0n) is 9.03. The first kappa shape index (κ1) is 11.1. The van der Waals surface area contributed by atoms with Gasteiger partial charge in [0.15, 0.2) is 0 Å². The number of ether oxygens (including phenoxy) is 1. The van der Waals surface area contributed by atoms with Crippen molar-refractivity contribution in [1.29, 1.82) is 0 Å². The van der Waals surface area contributed by atoms with Crippen LogP contribution >= 0.6 is 0 Å². The number of rotatable bonds is 4. The highest BCUT2D eigenvalue weighted by Gasteiger charge is 2.11. The molecule has 0 aliphatic carbocycles. The Morgan fingerprint density at radius 1 is 1.29 bits per heavy atom. The quantitative estimate of drug-likeness (QED) is 0.796. The van der Waals surface area contributed by atoms with Gasteiger partial charge >= 0.3 is 0 Å². The van der Waals surface area contributed by atoms with Crippen molar-refractivity contribution >= 4 is 0 Å². The van der Waals surface area contributed by atoms with E-state index in [2.05, 4.69) is 0 Å². The molecule has 78 valence electrons. The topological polar surface area (TPSA) is 29.5 Å². The highest BCUT2D eigenvalue weighted by Crippen LogP contribution is 2.21. The number of methoxy groups -OCH3 is 1. The molecule has 1 aromatic carbocycles. The molecule has 2 nitrogen and oxygen atoms in total. The van der Waals surface area contributed by atoms with E-state index in [1.54, 1.807) is 7.11 Å². The highest BCUT2D eigenvalue weighted by molar-refractivity contribution is 5.33. The Morgan fingerprint density at radius 2 is 1.93 bits per heavy atom. The third kappa shape index (κ3) is 2.74. The Labute approximate surface area is 85.5 Å². The lowest BCUT2D eigenvalue weighted by atomic mass is 9.96. The monoisotopic (exact) mass is 194 g/mol. The molecule has 2 atom stereocenters. The van der Waals surface area contributed by atoms with Gasteiger partial charge in [-0.25, -0.2) is 0 Å². The number of benzene rings is 1. The van der Waals surface area contributed by atoms with Crippen molar-refractivity contribution in [3.8, 4) is 5.75 Å². The van der Waals surface area contributed by atoms with E-state index in [1.165, 1.54) is 0 Å². The molecular weight excluding hydrogens is 176 g/mol. The van der Waals surface area contributed by atoms with E-state index in [4.69, 9.17) is 4.74 Å². The fraction of sp³-hybridized carbons (Fsp3) is 0.500. The number of hydrogen-bond donors (Lipinski definition) is 1. The molecule has 0 fully saturated rings. The van der Waals surface area contributed by atoms with Crippen LogP contribution in [0.1, 0.15) is 19.4 Å². The summed E-state index contributed by atoms with van der Waals surface area (Å²) in [5.74, 6) is 1.16. The molecular formula is C12H18O2. The lowest BCUT2D eigenvalue weighted by molar-refractivity contribution is 0.135. The van der Waals surface area contributed by atoms with E-state index in [0.29, 0.717) is 0 Å². The molecule has 1 rings (SSSR count). The summed E-state index contributed by atoms with van der Waals surface area (Å²) in [6.07, 6.45) is 0.571. The molecule has 0 amide bonds. The predicted octanol–water partition coefficient (Wildman–Crippen LogP) is 2.25. The van der Waals surface area contributed by atoms with E-state index >= 15 is 0 Å². The van der Waals surface area contributed by atoms with Crippen LogP contribution < -0.4 is 4.74 Å². The second-order valence-corrected chi connectivity index (χ2v) is 3.73. The fourth-order valence-corrected chi connectivity index (χ4v) is 1.39. The van der Waals surface area contributed by atoms with Crippen LogP contribution in [0.2, 0.25) is 0 Å². The predicted molar refractivity (Wildman–Crippen MR) is 57.5 cm³/mol. The highest BCUT2D eigenvalue weighted by atomic mass is 16.5. The second kappa shape index (κ2) is 5.01. The van der Waals surface area contributed by atoms with Gasteiger partial charge in [0.25, 0.3) is 0 Å². The molecule has 0 spiro atoms. The van der Waals surface area contributed by atoms with Crippen molar-refractivity contribution in [2.45, 2.75) is 26.4 Å². The van der Waals surface area contributed by atoms with E-state index in [-0.39, 0.29) is 12.0 Å². The molecule has 0 aliphatic heterocycles. The van der Waals surface area contributed by atoms with Crippen LogP contribution in [0.5, 0.6) is 5.75 Å². The van der Waals surface area contributed by atoms with Crippen molar-refractivity contribution in [2.24, 2.45) is 5.92 Å². The first-order valence-electron chi connectivity index (χ1n) is 4.95. The van der Waals surface area contributed by atoms with Crippen LogP contribution in [0.15, 0.2) is 24.3 Å². The largest absolute Gasteiger partial charge is 0.496 e. The molecule has 2 heteroatoms. The summed E-state index contributed by atoms with van der Waals surface area (Å²) in [6, 6.07) is 7.93. The van der Waals surface area contributed by atoms with Crippen LogP contribution in [-0.4, -0.2) is 18.3 Å². The van der Waals surface area contributed by atoms with Crippen molar-refractivity contribution in [3.05, 3.63) is 29.8 Å². The molecule has 0 saturated heterocycles. The molecule has 0 aromatic heterocycles. The maximum Gasteiger partial charge on any atom is 0.122 e. The molecule has 14 heavy (non-hydrogen) atoms. The first-order chi connectivity index (χ1) is 6.65. The summed E-state index contributed by atoms with van der Waals surface area (Å²) in [5.41, 5.74) is 1.16. The lowest BCUT2D eigenvalue weighted by Gasteiger charge is -2.16. The van der Waals surface area contributed by atoms with Crippen molar-refractivity contribution in [3.63, 3.8) is 0 Å². The zero-order valence-corrected chi connectivity index (χ0v) is 9.03. The van der Waals surface area contributed by atoms with Crippen LogP contribution in [-0.2, 0) is 6.42 Å². The van der Waals surface area contributed by atoms with Crippen molar-refractivity contribution in [2.75, 3.05) is 7.11 Å². The second-order valence-electron chi connectivity index (χ2n) is 3.73. The lowest BCUT2D eigenvalue weighted by Crippen LogP contribution is -2.15. The van der Waals surface area contributed by atoms with E-state index in [1.807, 2.05) is 38.1 Å². The molecule has 0 aliphatic rings. The number of hydrogen-bond acceptors (Lipinski definition) is 2. The summed E-state index contributed by atoms with van der Waals surface area (Å²) >= 11 is 0. The minimum Gasteiger partial charge on any atom is -0.496 e. The van der Waals surface area contributed by atoms with Crippen LogP contribution in [0, 0.1) is 5.92 Å². The normalized spacial score (nSPS) is 14.9. The Hall–Kier alpha value is -1.02. The third-order valence-electron chi connectivity index (χ3n) is 2.56. The van der Waals surface area contributed by atoms with Crippen LogP contribution in [0.25, 0.3) is 0 Å². The van der Waals surface area contributed by atoms with E-state index < -0.39 is 0 Å². The van der Waals surface area contributed by atoms with Gasteiger partial charge in [-0.2, -0.15) is 0 Å². The Bertz CT molecular complexity index is 281. The van der Waals surface area contributed by atoms with Gasteiger partial charge in [-0.1, -0.05) is 25.1 Å². The van der Waals surface area contributed by atoms with Gasteiger partial charge < -0.3 is 9.84 Å². The standard InChI is InChI=1S/C12H18O2/c1-9(10(2)13)8-11-6-4-5-7-12(11)14-3/h4-7,9-10,13H,8H2,1-3H3/t9-,10+/m1/s1. The number of aliphatic hydroxyl groups excluding tert-OH is 1. The van der Waals surface area contributed by atoms with E-state index in [0.717, 1.165) is 17.7 Å². The van der Waals surface area contributed by atoms with Gasteiger partial charge in [0.05, 0.1) is 13.2 Å². The van der Waals surface area contributed by atoms with E-state index in [9.17, 15) is 5.11 Å². The molecule has 0 bridgehead atoms. The van der Waals surface area contributed by atoms with Crippen LogP contribution in [0.3, 0.4) is 0 Å². The summed E-state index contributed by atoms with van der Waals surface area (Å²) in [6.45, 7) is 3.86. The molecule has 1 N–H and O–H groups in total. The van der Waals surface area contributed by atoms with Gasteiger partial charge in [0.1, 0.15) is 5.75 Å². The fourth-order valence-electron chi connectivity index (χ4n) is 1.39. The molecule has 0 unspecified atom stereocenters. The minimum absolute atomic E-state index is 0.256. The molecule has 0 saturated carbocycles. The summed E-state index contributed by atoms with van der Waals surface area (Å²) < 4.78 is 5.24. The zero-order chi connectivity index (χ0) is 10.6. The SMILES string of the molecule is COc1ccccc1C[C@@H](C)[C@H](C)O. The van der Waals surface area contributed by atoms with Crippen molar-refractivity contribution in [1.82, 2.24) is 0 Å².